The summed E-state index contributed by atoms with van der Waals surface area (Å²) in [7, 11) is 0. The molecule has 1 heterocycles. The molecule has 0 spiro atoms. The Bertz CT molecular complexity index is 271. The van der Waals surface area contributed by atoms with Gasteiger partial charge in [0.05, 0.1) is 0 Å². The van der Waals surface area contributed by atoms with Gasteiger partial charge in [-0.25, -0.2) is 5.48 Å². The molecule has 0 bridgehead atoms. The summed E-state index contributed by atoms with van der Waals surface area (Å²) >= 11 is 0. The molecule has 0 saturated carbocycles. The van der Waals surface area contributed by atoms with Gasteiger partial charge in [0.25, 0.3) is 0 Å². The Labute approximate surface area is 65.2 Å². The number of benzene rings is 1. The molecular weight excluding hydrogens is 140 g/mol. The van der Waals surface area contributed by atoms with Crippen LogP contribution in [0.3, 0.4) is 0 Å². The summed E-state index contributed by atoms with van der Waals surface area (Å²) < 4.78 is 0. The van der Waals surface area contributed by atoms with E-state index in [2.05, 4.69) is 5.48 Å². The van der Waals surface area contributed by atoms with Gasteiger partial charge in [-0.15, -0.1) is 0 Å². The van der Waals surface area contributed by atoms with E-state index in [0.717, 1.165) is 11.3 Å². The average molecular weight is 150 g/mol. The van der Waals surface area contributed by atoms with E-state index in [-0.39, 0.29) is 6.15 Å². The van der Waals surface area contributed by atoms with Crippen LogP contribution in [0.15, 0.2) is 30.5 Å². The molecule has 1 aliphatic heterocycles. The summed E-state index contributed by atoms with van der Waals surface area (Å²) in [5, 5.41) is 0. The monoisotopic (exact) mass is 150 g/mol. The number of rotatable bonds is 0. The largest absolute Gasteiger partial charge is 0.382 e. The van der Waals surface area contributed by atoms with Gasteiger partial charge in [0.1, 0.15) is 0 Å². The molecule has 11 heavy (non-hydrogen) atoms. The van der Waals surface area contributed by atoms with E-state index < -0.39 is 0 Å². The maximum atomic E-state index is 5.09. The summed E-state index contributed by atoms with van der Waals surface area (Å²) in [4.78, 5) is 5.09. The van der Waals surface area contributed by atoms with Crippen LogP contribution in [-0.4, -0.2) is 0 Å². The molecule has 58 valence electrons. The lowest BCUT2D eigenvalue weighted by molar-refractivity contribution is 0.239. The zero-order chi connectivity index (χ0) is 6.81. The van der Waals surface area contributed by atoms with Crippen LogP contribution >= 0.6 is 0 Å². The molecule has 0 amide bonds. The Balaban J connectivity index is 0.000000605. The van der Waals surface area contributed by atoms with Gasteiger partial charge < -0.3 is 11.0 Å². The fourth-order valence-electron chi connectivity index (χ4n) is 0.932. The lowest BCUT2D eigenvalue weighted by atomic mass is 10.2. The van der Waals surface area contributed by atoms with Gasteiger partial charge in [-0.1, -0.05) is 18.2 Å². The van der Waals surface area contributed by atoms with Crippen LogP contribution in [0.5, 0.6) is 5.75 Å². The van der Waals surface area contributed by atoms with E-state index in [1.54, 1.807) is 6.20 Å². The van der Waals surface area contributed by atoms with E-state index in [1.165, 1.54) is 0 Å². The highest BCUT2D eigenvalue weighted by Gasteiger charge is 2.01. The molecule has 0 aromatic heterocycles. The van der Waals surface area contributed by atoms with Crippen molar-refractivity contribution in [3.63, 3.8) is 0 Å². The van der Waals surface area contributed by atoms with Crippen LogP contribution in [0.1, 0.15) is 5.56 Å². The van der Waals surface area contributed by atoms with Crippen LogP contribution in [0.25, 0.3) is 6.08 Å². The van der Waals surface area contributed by atoms with Crippen LogP contribution < -0.4 is 16.5 Å². The normalized spacial score (nSPS) is 12.0. The number of para-hydroxylation sites is 1. The Morgan fingerprint density at radius 3 is 2.82 bits per heavy atom. The standard InChI is InChI=1S/C8H7NO.H3N/c1-2-4-8-7(3-1)5-6-9-10-8;/h1-6,9H;1H3. The summed E-state index contributed by atoms with van der Waals surface area (Å²) in [6.45, 7) is 0. The Morgan fingerprint density at radius 1 is 1.18 bits per heavy atom. The van der Waals surface area contributed by atoms with Gasteiger partial charge in [0.15, 0.2) is 5.75 Å². The first-order valence-corrected chi connectivity index (χ1v) is 3.15. The minimum atomic E-state index is 0. The highest BCUT2D eigenvalue weighted by atomic mass is 16.6. The zero-order valence-corrected chi connectivity index (χ0v) is 6.08. The van der Waals surface area contributed by atoms with Crippen molar-refractivity contribution in [2.75, 3.05) is 0 Å². The highest BCUT2D eigenvalue weighted by Crippen LogP contribution is 2.20. The predicted octanol–water partition coefficient (Wildman–Crippen LogP) is 1.72. The molecule has 0 unspecified atom stereocenters. The summed E-state index contributed by atoms with van der Waals surface area (Å²) in [6.07, 6.45) is 3.74. The third-order valence-corrected chi connectivity index (χ3v) is 1.42. The minimum absolute atomic E-state index is 0. The Kier molecular flexibility index (Phi) is 2.13. The zero-order valence-electron chi connectivity index (χ0n) is 6.08. The Morgan fingerprint density at radius 2 is 2.00 bits per heavy atom. The van der Waals surface area contributed by atoms with Crippen molar-refractivity contribution in [2.24, 2.45) is 0 Å². The molecule has 3 heteroatoms. The number of hydrogen-bond donors (Lipinski definition) is 2. The Hall–Kier alpha value is -1.48. The average Bonchev–Trinajstić information content (AvgIpc) is 2.05. The highest BCUT2D eigenvalue weighted by molar-refractivity contribution is 5.57. The SMILES string of the molecule is C1=Cc2ccccc2ON1.N. The molecule has 2 rings (SSSR count). The molecular formula is C8H10N2O. The molecule has 0 saturated heterocycles. The predicted molar refractivity (Wildman–Crippen MR) is 44.3 cm³/mol. The van der Waals surface area contributed by atoms with Gasteiger partial charge in [-0.05, 0) is 12.1 Å². The number of hydroxylamine groups is 1. The molecule has 0 fully saturated rings. The number of nitrogens with one attached hydrogen (secondary N) is 1. The fourth-order valence-corrected chi connectivity index (χ4v) is 0.932. The molecule has 3 nitrogen and oxygen atoms in total. The van der Waals surface area contributed by atoms with Gasteiger partial charge in [0.2, 0.25) is 0 Å². The first-order chi connectivity index (χ1) is 4.97. The summed E-state index contributed by atoms with van der Waals surface area (Å²) in [6, 6.07) is 7.86. The van der Waals surface area contributed by atoms with Gasteiger partial charge >= 0.3 is 0 Å². The van der Waals surface area contributed by atoms with E-state index in [0.29, 0.717) is 0 Å². The summed E-state index contributed by atoms with van der Waals surface area (Å²) in [5.74, 6) is 0.880. The van der Waals surface area contributed by atoms with Crippen LogP contribution in [0, 0.1) is 0 Å². The van der Waals surface area contributed by atoms with Gasteiger partial charge in [0, 0.05) is 11.8 Å². The molecule has 0 aliphatic carbocycles. The minimum Gasteiger partial charge on any atom is -0.382 e. The lowest BCUT2D eigenvalue weighted by Gasteiger charge is -2.11. The van der Waals surface area contributed by atoms with Crippen molar-refractivity contribution in [2.45, 2.75) is 0 Å². The van der Waals surface area contributed by atoms with Crippen LogP contribution in [-0.2, 0) is 0 Å². The first-order valence-electron chi connectivity index (χ1n) is 3.15. The van der Waals surface area contributed by atoms with E-state index in [1.807, 2.05) is 30.3 Å². The van der Waals surface area contributed by atoms with Gasteiger partial charge in [-0.2, -0.15) is 0 Å². The van der Waals surface area contributed by atoms with Crippen molar-refractivity contribution in [1.82, 2.24) is 11.6 Å². The second kappa shape index (κ2) is 3.07. The molecule has 1 aromatic rings. The second-order valence-electron chi connectivity index (χ2n) is 2.09. The third-order valence-electron chi connectivity index (χ3n) is 1.42. The topological polar surface area (TPSA) is 56.3 Å². The van der Waals surface area contributed by atoms with Crippen LogP contribution in [0.4, 0.5) is 0 Å². The first kappa shape index (κ1) is 7.63. The second-order valence-corrected chi connectivity index (χ2v) is 2.09. The van der Waals surface area contributed by atoms with E-state index in [9.17, 15) is 0 Å². The van der Waals surface area contributed by atoms with Crippen molar-refractivity contribution in [3.8, 4) is 5.75 Å². The maximum absolute atomic E-state index is 5.09. The molecule has 0 radical (unpaired) electrons. The van der Waals surface area contributed by atoms with Crippen molar-refractivity contribution in [3.05, 3.63) is 36.0 Å². The van der Waals surface area contributed by atoms with E-state index >= 15 is 0 Å². The van der Waals surface area contributed by atoms with Crippen molar-refractivity contribution >= 4 is 6.08 Å². The third kappa shape index (κ3) is 1.33. The molecule has 0 atom stereocenters. The summed E-state index contributed by atoms with van der Waals surface area (Å²) in [5.41, 5.74) is 3.77. The van der Waals surface area contributed by atoms with Crippen molar-refractivity contribution < 1.29 is 4.84 Å². The van der Waals surface area contributed by atoms with Gasteiger partial charge in [-0.3, -0.25) is 0 Å². The molecule has 1 aliphatic rings. The fraction of sp³-hybridized carbons (Fsp3) is 0. The molecule has 4 N–H and O–H groups in total. The van der Waals surface area contributed by atoms with Crippen molar-refractivity contribution in [1.29, 1.82) is 0 Å². The molecule has 1 aromatic carbocycles. The quantitative estimate of drug-likeness (QED) is 0.592. The number of hydrogen-bond acceptors (Lipinski definition) is 3. The van der Waals surface area contributed by atoms with Crippen LogP contribution in [0.2, 0.25) is 0 Å². The maximum Gasteiger partial charge on any atom is 0.162 e. The smallest absolute Gasteiger partial charge is 0.162 e. The van der Waals surface area contributed by atoms with E-state index in [4.69, 9.17) is 4.84 Å². The lowest BCUT2D eigenvalue weighted by Crippen LogP contribution is -2.13. The number of fused-ring (bicyclic) bond motifs is 1.